The van der Waals surface area contributed by atoms with Crippen LogP contribution in [0.5, 0.6) is 0 Å². The van der Waals surface area contributed by atoms with Crippen LogP contribution in [0.25, 0.3) is 0 Å². The number of hydrogen-bond donors (Lipinski definition) is 0. The van der Waals surface area contributed by atoms with E-state index in [4.69, 9.17) is 0 Å². The van der Waals surface area contributed by atoms with Gasteiger partial charge in [-0.15, -0.1) is 0 Å². The largest absolute Gasteiger partial charge is 0.150 e. The highest BCUT2D eigenvalue weighted by atomic mass is 16.3. The highest BCUT2D eigenvalue weighted by molar-refractivity contribution is 4.85. The monoisotopic (exact) mass is 157 g/mol. The van der Waals surface area contributed by atoms with Crippen LogP contribution < -0.4 is 0 Å². The fourth-order valence-electron chi connectivity index (χ4n) is 1.36. The zero-order valence-electron chi connectivity index (χ0n) is 8.27. The lowest BCUT2D eigenvalue weighted by Gasteiger charge is -2.28. The maximum Gasteiger partial charge on any atom is 0.100 e. The van der Waals surface area contributed by atoms with Gasteiger partial charge in [0.25, 0.3) is 0 Å². The molecule has 66 valence electrons. The normalized spacial score (nSPS) is 17.5. The Morgan fingerprint density at radius 3 is 1.73 bits per heavy atom. The van der Waals surface area contributed by atoms with Crippen molar-refractivity contribution >= 4 is 0 Å². The van der Waals surface area contributed by atoms with Gasteiger partial charge in [0.15, 0.2) is 0 Å². The van der Waals surface area contributed by atoms with Crippen LogP contribution in [0.3, 0.4) is 0 Å². The van der Waals surface area contributed by atoms with Crippen LogP contribution in [0.15, 0.2) is 5.18 Å². The van der Waals surface area contributed by atoms with E-state index in [0.717, 1.165) is 12.8 Å². The van der Waals surface area contributed by atoms with Crippen molar-refractivity contribution in [2.75, 3.05) is 0 Å². The zero-order chi connectivity index (χ0) is 9.12. The highest BCUT2D eigenvalue weighted by Crippen LogP contribution is 2.31. The van der Waals surface area contributed by atoms with Gasteiger partial charge in [0.2, 0.25) is 0 Å². The van der Waals surface area contributed by atoms with Gasteiger partial charge in [-0.3, -0.25) is 0 Å². The van der Waals surface area contributed by atoms with E-state index in [-0.39, 0.29) is 11.0 Å². The molecule has 0 aliphatic carbocycles. The quantitative estimate of drug-likeness (QED) is 0.577. The Balaban J connectivity index is 4.19. The van der Waals surface area contributed by atoms with Crippen molar-refractivity contribution in [3.63, 3.8) is 0 Å². The number of nitrogens with zero attached hydrogens (tertiary/aromatic N) is 1. The van der Waals surface area contributed by atoms with Gasteiger partial charge in [-0.2, -0.15) is 4.91 Å². The molecule has 0 aromatic carbocycles. The molecule has 0 bridgehead atoms. The average molecular weight is 157 g/mol. The van der Waals surface area contributed by atoms with Crippen molar-refractivity contribution < 1.29 is 0 Å². The first-order valence-electron chi connectivity index (χ1n) is 4.17. The van der Waals surface area contributed by atoms with Crippen LogP contribution in [-0.2, 0) is 0 Å². The Morgan fingerprint density at radius 2 is 1.64 bits per heavy atom. The molecule has 0 heterocycles. The van der Waals surface area contributed by atoms with Crippen LogP contribution in [0, 0.1) is 10.3 Å². The van der Waals surface area contributed by atoms with Gasteiger partial charge >= 0.3 is 0 Å². The van der Waals surface area contributed by atoms with E-state index in [1.807, 2.05) is 13.8 Å². The molecule has 11 heavy (non-hydrogen) atoms. The molecule has 0 aromatic rings. The first kappa shape index (κ1) is 10.6. The summed E-state index contributed by atoms with van der Waals surface area (Å²) in [7, 11) is 0. The van der Waals surface area contributed by atoms with E-state index in [2.05, 4.69) is 25.9 Å². The predicted octanol–water partition coefficient (Wildman–Crippen LogP) is 3.36. The van der Waals surface area contributed by atoms with Crippen molar-refractivity contribution in [1.82, 2.24) is 0 Å². The summed E-state index contributed by atoms with van der Waals surface area (Å²) in [6.45, 7) is 10.3. The lowest BCUT2D eigenvalue weighted by Crippen LogP contribution is -2.27. The van der Waals surface area contributed by atoms with Gasteiger partial charge in [-0.05, 0) is 25.2 Å². The van der Waals surface area contributed by atoms with Crippen molar-refractivity contribution in [2.24, 2.45) is 10.6 Å². The fraction of sp³-hybridized carbons (Fsp3) is 1.00. The van der Waals surface area contributed by atoms with Crippen molar-refractivity contribution in [2.45, 2.75) is 53.0 Å². The van der Waals surface area contributed by atoms with Gasteiger partial charge in [0, 0.05) is 0 Å². The van der Waals surface area contributed by atoms with Crippen LogP contribution in [0.1, 0.15) is 47.5 Å². The van der Waals surface area contributed by atoms with Gasteiger partial charge in [-0.25, -0.2) is 0 Å². The Hall–Kier alpha value is -0.400. The van der Waals surface area contributed by atoms with E-state index in [1.165, 1.54) is 0 Å². The minimum Gasteiger partial charge on any atom is -0.150 e. The summed E-state index contributed by atoms with van der Waals surface area (Å²) in [6, 6.07) is 0. The fourth-order valence-corrected chi connectivity index (χ4v) is 1.36. The maximum atomic E-state index is 10.5. The van der Waals surface area contributed by atoms with E-state index in [9.17, 15) is 4.91 Å². The summed E-state index contributed by atoms with van der Waals surface area (Å²) in [4.78, 5) is 10.5. The van der Waals surface area contributed by atoms with Gasteiger partial charge in [0.1, 0.15) is 5.54 Å². The maximum absolute atomic E-state index is 10.5. The Morgan fingerprint density at radius 1 is 1.18 bits per heavy atom. The first-order valence-corrected chi connectivity index (χ1v) is 4.17. The second-order valence-electron chi connectivity index (χ2n) is 4.68. The van der Waals surface area contributed by atoms with Gasteiger partial charge in [-0.1, -0.05) is 32.9 Å². The molecule has 1 atom stereocenters. The molecule has 0 aliphatic rings. The van der Waals surface area contributed by atoms with Crippen LogP contribution >= 0.6 is 0 Å². The number of hydrogen-bond acceptors (Lipinski definition) is 2. The molecule has 1 unspecified atom stereocenters. The average Bonchev–Trinajstić information content (AvgIpc) is 1.84. The van der Waals surface area contributed by atoms with E-state index in [0.29, 0.717) is 0 Å². The summed E-state index contributed by atoms with van der Waals surface area (Å²) in [5.74, 6) is 0. The van der Waals surface area contributed by atoms with Crippen LogP contribution in [0.4, 0.5) is 0 Å². The molecule has 0 saturated carbocycles. The zero-order valence-corrected chi connectivity index (χ0v) is 8.27. The predicted molar refractivity (Wildman–Crippen MR) is 48.6 cm³/mol. The summed E-state index contributed by atoms with van der Waals surface area (Å²) < 4.78 is 0. The summed E-state index contributed by atoms with van der Waals surface area (Å²) in [5, 5.41) is 3.17. The minimum absolute atomic E-state index is 0.193. The lowest BCUT2D eigenvalue weighted by molar-refractivity contribution is 0.265. The molecule has 0 amide bonds. The first-order chi connectivity index (χ1) is 4.83. The van der Waals surface area contributed by atoms with Crippen LogP contribution in [-0.4, -0.2) is 5.54 Å². The van der Waals surface area contributed by atoms with Crippen molar-refractivity contribution in [1.29, 1.82) is 0 Å². The van der Waals surface area contributed by atoms with Crippen LogP contribution in [0.2, 0.25) is 0 Å². The lowest BCUT2D eigenvalue weighted by atomic mass is 9.80. The van der Waals surface area contributed by atoms with Gasteiger partial charge in [0.05, 0.1) is 0 Å². The highest BCUT2D eigenvalue weighted by Gasteiger charge is 2.29. The Labute approximate surface area is 69.4 Å². The van der Waals surface area contributed by atoms with E-state index >= 15 is 0 Å². The third-order valence-corrected chi connectivity index (χ3v) is 1.89. The Kier molecular flexibility index (Phi) is 3.21. The molecule has 0 aromatic heterocycles. The number of rotatable bonds is 3. The standard InChI is InChI=1S/C9H19NO/c1-6-9(5,10-11)7-8(2,3)4/h6-7H2,1-5H3. The van der Waals surface area contributed by atoms with Crippen molar-refractivity contribution in [3.05, 3.63) is 4.91 Å². The molecular formula is C9H19NO. The molecule has 2 nitrogen and oxygen atoms in total. The topological polar surface area (TPSA) is 29.4 Å². The second kappa shape index (κ2) is 3.33. The molecule has 0 aliphatic heterocycles. The van der Waals surface area contributed by atoms with E-state index < -0.39 is 0 Å². The summed E-state index contributed by atoms with van der Waals surface area (Å²) in [6.07, 6.45) is 1.69. The van der Waals surface area contributed by atoms with Crippen molar-refractivity contribution in [3.8, 4) is 0 Å². The summed E-state index contributed by atoms with van der Waals surface area (Å²) in [5.41, 5.74) is -0.170. The molecule has 0 radical (unpaired) electrons. The molecule has 0 fully saturated rings. The second-order valence-corrected chi connectivity index (χ2v) is 4.68. The third kappa shape index (κ3) is 4.12. The molecule has 0 N–H and O–H groups in total. The minimum atomic E-state index is -0.363. The molecule has 2 heteroatoms. The SMILES string of the molecule is CCC(C)(CC(C)(C)C)N=O. The number of nitroso groups, excluding NO2 is 1. The molecule has 0 spiro atoms. The molecule has 0 saturated heterocycles. The Bertz CT molecular complexity index is 137. The third-order valence-electron chi connectivity index (χ3n) is 1.89. The smallest absolute Gasteiger partial charge is 0.100 e. The summed E-state index contributed by atoms with van der Waals surface area (Å²) >= 11 is 0. The van der Waals surface area contributed by atoms with Gasteiger partial charge < -0.3 is 0 Å². The molecular weight excluding hydrogens is 138 g/mol. The molecule has 0 rings (SSSR count). The van der Waals surface area contributed by atoms with E-state index in [1.54, 1.807) is 0 Å².